The van der Waals surface area contributed by atoms with Crippen molar-refractivity contribution in [3.05, 3.63) is 71.8 Å². The van der Waals surface area contributed by atoms with Crippen LogP contribution in [0.25, 0.3) is 0 Å². The Morgan fingerprint density at radius 2 is 1.52 bits per heavy atom. The summed E-state index contributed by atoms with van der Waals surface area (Å²) < 4.78 is 5.35. The van der Waals surface area contributed by atoms with Gasteiger partial charge < -0.3 is 15.2 Å². The number of rotatable bonds is 10. The highest BCUT2D eigenvalue weighted by atomic mass is 16.6. The van der Waals surface area contributed by atoms with E-state index < -0.39 is 30.1 Å². The normalized spacial score (nSPS) is 12.8. The molecule has 7 nitrogen and oxygen atoms in total. The number of imide groups is 1. The van der Waals surface area contributed by atoms with Gasteiger partial charge in [-0.2, -0.15) is 0 Å². The predicted molar refractivity (Wildman–Crippen MR) is 117 cm³/mol. The maximum absolute atomic E-state index is 13.3. The number of amides is 2. The van der Waals surface area contributed by atoms with Crippen molar-refractivity contribution in [2.24, 2.45) is 5.92 Å². The lowest BCUT2D eigenvalue weighted by Gasteiger charge is -2.30. The smallest absolute Gasteiger partial charge is 0.417 e. The molecule has 0 aromatic heterocycles. The number of carboxylic acid groups (broad SMARTS) is 1. The van der Waals surface area contributed by atoms with E-state index in [0.717, 1.165) is 10.5 Å². The Labute approximate surface area is 183 Å². The number of likely N-dealkylation sites (N-methyl/N-ethyl adjacent to an activating group) is 1. The number of carbonyl (C=O) groups excluding carboxylic acids is 2. The summed E-state index contributed by atoms with van der Waals surface area (Å²) in [5.41, 5.74) is 1.44. The van der Waals surface area contributed by atoms with E-state index in [1.807, 2.05) is 26.0 Å². The van der Waals surface area contributed by atoms with Gasteiger partial charge in [0.05, 0.1) is 6.04 Å². The summed E-state index contributed by atoms with van der Waals surface area (Å²) in [5.74, 6) is -1.72. The molecule has 0 aliphatic carbocycles. The Balaban J connectivity index is 2.32. The van der Waals surface area contributed by atoms with Gasteiger partial charge in [0.25, 0.3) is 0 Å². The number of hydrogen-bond acceptors (Lipinski definition) is 5. The number of benzene rings is 2. The lowest BCUT2D eigenvalue weighted by molar-refractivity contribution is -0.149. The van der Waals surface area contributed by atoms with E-state index in [9.17, 15) is 19.5 Å². The van der Waals surface area contributed by atoms with Crippen LogP contribution in [0.4, 0.5) is 4.79 Å². The van der Waals surface area contributed by atoms with Crippen molar-refractivity contribution in [2.45, 2.75) is 45.4 Å². The zero-order valence-corrected chi connectivity index (χ0v) is 18.2. The van der Waals surface area contributed by atoms with Gasteiger partial charge in [0.2, 0.25) is 5.91 Å². The van der Waals surface area contributed by atoms with E-state index in [-0.39, 0.29) is 18.9 Å². The van der Waals surface area contributed by atoms with Crippen molar-refractivity contribution in [1.29, 1.82) is 0 Å². The second-order valence-corrected chi connectivity index (χ2v) is 7.76. The van der Waals surface area contributed by atoms with Crippen molar-refractivity contribution in [2.75, 3.05) is 7.05 Å². The third kappa shape index (κ3) is 7.22. The SMILES string of the molecule is CN[C@@H](CC(C)C)C(=O)N(C(=O)OCc1ccccc1)[C@@H](Cc1ccccc1)C(=O)O. The van der Waals surface area contributed by atoms with Gasteiger partial charge in [0, 0.05) is 6.42 Å². The Kier molecular flexibility index (Phi) is 9.21. The molecule has 0 aliphatic heterocycles. The molecule has 2 amide bonds. The van der Waals surface area contributed by atoms with Crippen LogP contribution in [0.15, 0.2) is 60.7 Å². The van der Waals surface area contributed by atoms with Gasteiger partial charge in [-0.05, 0) is 30.5 Å². The molecule has 2 aromatic carbocycles. The van der Waals surface area contributed by atoms with Crippen molar-refractivity contribution in [3.8, 4) is 0 Å². The highest BCUT2D eigenvalue weighted by Gasteiger charge is 2.39. The highest BCUT2D eigenvalue weighted by Crippen LogP contribution is 2.17. The molecule has 7 heteroatoms. The molecule has 0 bridgehead atoms. The van der Waals surface area contributed by atoms with E-state index in [0.29, 0.717) is 12.0 Å². The molecular weight excluding hydrogens is 396 g/mol. The molecule has 166 valence electrons. The summed E-state index contributed by atoms with van der Waals surface area (Å²) in [6.07, 6.45) is -0.531. The number of hydrogen-bond donors (Lipinski definition) is 2. The third-order valence-corrected chi connectivity index (χ3v) is 4.86. The molecule has 0 aliphatic rings. The Bertz CT molecular complexity index is 855. The summed E-state index contributed by atoms with van der Waals surface area (Å²) in [4.78, 5) is 39.2. The second kappa shape index (κ2) is 11.9. The number of ether oxygens (including phenoxy) is 1. The van der Waals surface area contributed by atoms with Crippen LogP contribution < -0.4 is 5.32 Å². The van der Waals surface area contributed by atoms with E-state index >= 15 is 0 Å². The lowest BCUT2D eigenvalue weighted by atomic mass is 10.00. The minimum Gasteiger partial charge on any atom is -0.480 e. The minimum atomic E-state index is -1.39. The molecule has 0 radical (unpaired) electrons. The zero-order chi connectivity index (χ0) is 22.8. The molecule has 2 N–H and O–H groups in total. The van der Waals surface area contributed by atoms with Crippen molar-refractivity contribution < 1.29 is 24.2 Å². The molecule has 2 rings (SSSR count). The second-order valence-electron chi connectivity index (χ2n) is 7.76. The number of aliphatic carboxylic acids is 1. The van der Waals surface area contributed by atoms with Crippen molar-refractivity contribution >= 4 is 18.0 Å². The maximum Gasteiger partial charge on any atom is 0.417 e. The molecule has 0 unspecified atom stereocenters. The quantitative estimate of drug-likeness (QED) is 0.604. The summed E-state index contributed by atoms with van der Waals surface area (Å²) in [6, 6.07) is 15.8. The Morgan fingerprint density at radius 1 is 0.968 bits per heavy atom. The molecule has 0 fully saturated rings. The van der Waals surface area contributed by atoms with E-state index in [2.05, 4.69) is 5.32 Å². The van der Waals surface area contributed by atoms with Crippen LogP contribution in [-0.4, -0.2) is 47.1 Å². The van der Waals surface area contributed by atoms with Gasteiger partial charge in [-0.3, -0.25) is 4.79 Å². The van der Waals surface area contributed by atoms with Crippen LogP contribution in [0.2, 0.25) is 0 Å². The van der Waals surface area contributed by atoms with Gasteiger partial charge in [0.1, 0.15) is 12.6 Å². The van der Waals surface area contributed by atoms with E-state index in [1.54, 1.807) is 55.6 Å². The zero-order valence-electron chi connectivity index (χ0n) is 18.2. The molecule has 0 saturated carbocycles. The predicted octanol–water partition coefficient (Wildman–Crippen LogP) is 3.48. The first-order valence-corrected chi connectivity index (χ1v) is 10.3. The van der Waals surface area contributed by atoms with Gasteiger partial charge in [-0.25, -0.2) is 14.5 Å². The summed E-state index contributed by atoms with van der Waals surface area (Å²) >= 11 is 0. The molecule has 2 aromatic rings. The number of carbonyl (C=O) groups is 3. The summed E-state index contributed by atoms with van der Waals surface area (Å²) in [6.45, 7) is 3.85. The average Bonchev–Trinajstić information content (AvgIpc) is 2.76. The van der Waals surface area contributed by atoms with Crippen molar-refractivity contribution in [1.82, 2.24) is 10.2 Å². The van der Waals surface area contributed by atoms with Gasteiger partial charge in [0.15, 0.2) is 0 Å². The first-order chi connectivity index (χ1) is 14.8. The summed E-state index contributed by atoms with van der Waals surface area (Å²) in [5, 5.41) is 12.8. The lowest BCUT2D eigenvalue weighted by Crippen LogP contribution is -2.56. The first kappa shape index (κ1) is 24.1. The van der Waals surface area contributed by atoms with Crippen LogP contribution in [-0.2, 0) is 27.4 Å². The maximum atomic E-state index is 13.3. The monoisotopic (exact) mass is 426 g/mol. The fourth-order valence-electron chi connectivity index (χ4n) is 3.27. The van der Waals surface area contributed by atoms with Gasteiger partial charge >= 0.3 is 12.1 Å². The average molecular weight is 427 g/mol. The molecule has 2 atom stereocenters. The Morgan fingerprint density at radius 3 is 2.00 bits per heavy atom. The number of nitrogens with one attached hydrogen (secondary N) is 1. The topological polar surface area (TPSA) is 95.9 Å². The largest absolute Gasteiger partial charge is 0.480 e. The standard InChI is InChI=1S/C24H30N2O5/c1-17(2)14-20(25-3)22(27)26(24(30)31-16-19-12-8-5-9-13-19)21(23(28)29)15-18-10-6-4-7-11-18/h4-13,17,20-21,25H,14-16H2,1-3H3,(H,28,29)/t20-,21-/m0/s1. The molecule has 0 spiro atoms. The number of nitrogens with zero attached hydrogens (tertiary/aromatic N) is 1. The fraction of sp³-hybridized carbons (Fsp3) is 0.375. The number of carboxylic acids is 1. The van der Waals surface area contributed by atoms with Crippen LogP contribution in [0.5, 0.6) is 0 Å². The minimum absolute atomic E-state index is 0.0134. The molecular formula is C24H30N2O5. The fourth-order valence-corrected chi connectivity index (χ4v) is 3.27. The van der Waals surface area contributed by atoms with Crippen LogP contribution in [0.1, 0.15) is 31.4 Å². The van der Waals surface area contributed by atoms with E-state index in [4.69, 9.17) is 4.74 Å². The van der Waals surface area contributed by atoms with Crippen LogP contribution >= 0.6 is 0 Å². The van der Waals surface area contributed by atoms with Gasteiger partial charge in [-0.15, -0.1) is 0 Å². The third-order valence-electron chi connectivity index (χ3n) is 4.86. The molecule has 0 saturated heterocycles. The molecule has 0 heterocycles. The van der Waals surface area contributed by atoms with E-state index in [1.165, 1.54) is 0 Å². The van der Waals surface area contributed by atoms with Crippen LogP contribution in [0.3, 0.4) is 0 Å². The Hall–Kier alpha value is -3.19. The van der Waals surface area contributed by atoms with Crippen molar-refractivity contribution in [3.63, 3.8) is 0 Å². The molecule has 31 heavy (non-hydrogen) atoms. The first-order valence-electron chi connectivity index (χ1n) is 10.3. The van der Waals surface area contributed by atoms with Gasteiger partial charge in [-0.1, -0.05) is 74.5 Å². The highest BCUT2D eigenvalue weighted by molar-refractivity contribution is 5.99. The summed E-state index contributed by atoms with van der Waals surface area (Å²) in [7, 11) is 1.62. The van der Waals surface area contributed by atoms with Crippen LogP contribution in [0, 0.1) is 5.92 Å².